The van der Waals surface area contributed by atoms with Crippen LogP contribution in [-0.4, -0.2) is 30.9 Å². The summed E-state index contributed by atoms with van der Waals surface area (Å²) < 4.78 is 1.06. The Morgan fingerprint density at radius 2 is 2.00 bits per heavy atom. The Kier molecular flexibility index (Phi) is 6.22. The van der Waals surface area contributed by atoms with E-state index < -0.39 is 0 Å². The van der Waals surface area contributed by atoms with Crippen molar-refractivity contribution in [2.45, 2.75) is 19.9 Å². The molecule has 0 radical (unpaired) electrons. The molecule has 3 nitrogen and oxygen atoms in total. The van der Waals surface area contributed by atoms with Gasteiger partial charge in [0.15, 0.2) is 0 Å². The minimum atomic E-state index is 0.126. The highest BCUT2D eigenvalue weighted by atomic mass is 79.9. The molecule has 94 valence electrons. The molecule has 0 saturated heterocycles. The van der Waals surface area contributed by atoms with Gasteiger partial charge in [0.1, 0.15) is 0 Å². The van der Waals surface area contributed by atoms with Crippen LogP contribution < -0.4 is 5.32 Å². The van der Waals surface area contributed by atoms with Crippen molar-refractivity contribution < 1.29 is 4.79 Å². The highest BCUT2D eigenvalue weighted by Crippen LogP contribution is 2.11. The lowest BCUT2D eigenvalue weighted by atomic mass is 10.2. The first-order valence-corrected chi connectivity index (χ1v) is 6.62. The molecule has 0 bridgehead atoms. The number of rotatable bonds is 6. The Labute approximate surface area is 111 Å². The van der Waals surface area contributed by atoms with Gasteiger partial charge in [0.25, 0.3) is 0 Å². The van der Waals surface area contributed by atoms with Crippen molar-refractivity contribution in [1.82, 2.24) is 10.2 Å². The molecule has 1 N–H and O–H groups in total. The van der Waals surface area contributed by atoms with E-state index in [9.17, 15) is 4.79 Å². The summed E-state index contributed by atoms with van der Waals surface area (Å²) >= 11 is 3.39. The average Bonchev–Trinajstić information content (AvgIpc) is 2.32. The Bertz CT molecular complexity index is 351. The van der Waals surface area contributed by atoms with Crippen LogP contribution >= 0.6 is 15.9 Å². The molecule has 0 spiro atoms. The van der Waals surface area contributed by atoms with Crippen molar-refractivity contribution in [2.24, 2.45) is 0 Å². The molecule has 17 heavy (non-hydrogen) atoms. The SMILES string of the molecule is CCCNCC(=O)N(C)Cc1ccc(Br)cc1. The quantitative estimate of drug-likeness (QED) is 0.818. The normalized spacial score (nSPS) is 10.3. The fraction of sp³-hybridized carbons (Fsp3) is 0.462. The number of nitrogens with zero attached hydrogens (tertiary/aromatic N) is 1. The predicted molar refractivity (Wildman–Crippen MR) is 73.8 cm³/mol. The molecule has 1 aromatic carbocycles. The van der Waals surface area contributed by atoms with E-state index in [4.69, 9.17) is 0 Å². The van der Waals surface area contributed by atoms with Crippen LogP contribution in [0.4, 0.5) is 0 Å². The van der Waals surface area contributed by atoms with Crippen LogP contribution in [0.25, 0.3) is 0 Å². The first-order chi connectivity index (χ1) is 8.13. The summed E-state index contributed by atoms with van der Waals surface area (Å²) in [5.74, 6) is 0.126. The van der Waals surface area contributed by atoms with Gasteiger partial charge in [0.2, 0.25) is 5.91 Å². The number of hydrogen-bond acceptors (Lipinski definition) is 2. The van der Waals surface area contributed by atoms with Crippen molar-refractivity contribution in [3.8, 4) is 0 Å². The molecule has 0 atom stereocenters. The number of nitrogens with one attached hydrogen (secondary N) is 1. The number of hydrogen-bond donors (Lipinski definition) is 1. The van der Waals surface area contributed by atoms with Gasteiger partial charge in [-0.05, 0) is 30.7 Å². The molecule has 0 aliphatic rings. The Morgan fingerprint density at radius 1 is 1.35 bits per heavy atom. The van der Waals surface area contributed by atoms with E-state index in [1.54, 1.807) is 4.90 Å². The van der Waals surface area contributed by atoms with Crippen LogP contribution in [0.15, 0.2) is 28.7 Å². The van der Waals surface area contributed by atoms with Crippen LogP contribution in [-0.2, 0) is 11.3 Å². The average molecular weight is 299 g/mol. The molecule has 4 heteroatoms. The molecular formula is C13H19BrN2O. The zero-order chi connectivity index (χ0) is 12.7. The van der Waals surface area contributed by atoms with Crippen LogP contribution in [0, 0.1) is 0 Å². The van der Waals surface area contributed by atoms with Crippen molar-refractivity contribution in [3.05, 3.63) is 34.3 Å². The van der Waals surface area contributed by atoms with E-state index in [0.717, 1.165) is 23.0 Å². The van der Waals surface area contributed by atoms with Gasteiger partial charge < -0.3 is 10.2 Å². The summed E-state index contributed by atoms with van der Waals surface area (Å²) in [6.45, 7) is 4.04. The van der Waals surface area contributed by atoms with Crippen LogP contribution in [0.2, 0.25) is 0 Å². The molecule has 0 fully saturated rings. The second-order valence-corrected chi connectivity index (χ2v) is 4.97. The van der Waals surface area contributed by atoms with Crippen molar-refractivity contribution in [2.75, 3.05) is 20.1 Å². The topological polar surface area (TPSA) is 32.3 Å². The van der Waals surface area contributed by atoms with Crippen molar-refractivity contribution in [1.29, 1.82) is 0 Å². The van der Waals surface area contributed by atoms with Gasteiger partial charge in [0, 0.05) is 18.1 Å². The molecule has 1 amide bonds. The molecular weight excluding hydrogens is 280 g/mol. The highest BCUT2D eigenvalue weighted by molar-refractivity contribution is 9.10. The van der Waals surface area contributed by atoms with Gasteiger partial charge in [-0.3, -0.25) is 4.79 Å². The monoisotopic (exact) mass is 298 g/mol. The summed E-state index contributed by atoms with van der Waals surface area (Å²) in [5, 5.41) is 3.11. The smallest absolute Gasteiger partial charge is 0.236 e. The Hall–Kier alpha value is -0.870. The molecule has 0 saturated carbocycles. The van der Waals surface area contributed by atoms with Gasteiger partial charge in [0.05, 0.1) is 6.54 Å². The molecule has 1 rings (SSSR count). The third kappa shape index (κ3) is 5.33. The second kappa shape index (κ2) is 7.45. The summed E-state index contributed by atoms with van der Waals surface area (Å²) in [5.41, 5.74) is 1.14. The minimum Gasteiger partial charge on any atom is -0.340 e. The zero-order valence-corrected chi connectivity index (χ0v) is 12.0. The lowest BCUT2D eigenvalue weighted by Crippen LogP contribution is -2.35. The third-order valence-electron chi connectivity index (χ3n) is 2.46. The number of likely N-dealkylation sites (N-methyl/N-ethyl adjacent to an activating group) is 1. The van der Waals surface area contributed by atoms with E-state index >= 15 is 0 Å². The van der Waals surface area contributed by atoms with Crippen molar-refractivity contribution in [3.63, 3.8) is 0 Å². The summed E-state index contributed by atoms with van der Waals surface area (Å²) in [7, 11) is 1.83. The second-order valence-electron chi connectivity index (χ2n) is 4.05. The first kappa shape index (κ1) is 14.2. The van der Waals surface area contributed by atoms with E-state index in [-0.39, 0.29) is 5.91 Å². The molecule has 0 aromatic heterocycles. The van der Waals surface area contributed by atoms with E-state index in [1.165, 1.54) is 0 Å². The fourth-order valence-corrected chi connectivity index (χ4v) is 1.72. The molecule has 0 heterocycles. The van der Waals surface area contributed by atoms with Crippen LogP contribution in [0.3, 0.4) is 0 Å². The van der Waals surface area contributed by atoms with Crippen LogP contribution in [0.5, 0.6) is 0 Å². The minimum absolute atomic E-state index is 0.126. The Balaban J connectivity index is 2.40. The van der Waals surface area contributed by atoms with E-state index in [1.807, 2.05) is 31.3 Å². The zero-order valence-electron chi connectivity index (χ0n) is 10.4. The summed E-state index contributed by atoms with van der Waals surface area (Å²) in [6, 6.07) is 8.02. The lowest BCUT2D eigenvalue weighted by molar-refractivity contribution is -0.129. The van der Waals surface area contributed by atoms with E-state index in [2.05, 4.69) is 28.2 Å². The number of benzene rings is 1. The largest absolute Gasteiger partial charge is 0.340 e. The van der Waals surface area contributed by atoms with Gasteiger partial charge in [-0.15, -0.1) is 0 Å². The van der Waals surface area contributed by atoms with Gasteiger partial charge in [-0.2, -0.15) is 0 Å². The van der Waals surface area contributed by atoms with Crippen LogP contribution in [0.1, 0.15) is 18.9 Å². The van der Waals surface area contributed by atoms with Gasteiger partial charge in [-0.25, -0.2) is 0 Å². The number of carbonyl (C=O) groups excluding carboxylic acids is 1. The number of halogens is 1. The maximum Gasteiger partial charge on any atom is 0.236 e. The summed E-state index contributed by atoms with van der Waals surface area (Å²) in [4.78, 5) is 13.5. The Morgan fingerprint density at radius 3 is 2.59 bits per heavy atom. The third-order valence-corrected chi connectivity index (χ3v) is 2.99. The predicted octanol–water partition coefficient (Wildman–Crippen LogP) is 2.41. The van der Waals surface area contributed by atoms with Gasteiger partial charge in [-0.1, -0.05) is 35.0 Å². The highest BCUT2D eigenvalue weighted by Gasteiger charge is 2.08. The van der Waals surface area contributed by atoms with E-state index in [0.29, 0.717) is 13.1 Å². The molecule has 0 unspecified atom stereocenters. The lowest BCUT2D eigenvalue weighted by Gasteiger charge is -2.17. The molecule has 0 aliphatic heterocycles. The number of carbonyl (C=O) groups is 1. The maximum atomic E-state index is 11.7. The summed E-state index contributed by atoms with van der Waals surface area (Å²) in [6.07, 6.45) is 1.05. The number of amides is 1. The molecule has 0 aliphatic carbocycles. The maximum absolute atomic E-state index is 11.7. The molecule has 1 aromatic rings. The standard InChI is InChI=1S/C13H19BrN2O/c1-3-8-15-9-13(17)16(2)10-11-4-6-12(14)7-5-11/h4-7,15H,3,8-10H2,1-2H3. The first-order valence-electron chi connectivity index (χ1n) is 5.82. The van der Waals surface area contributed by atoms with Crippen molar-refractivity contribution >= 4 is 21.8 Å². The van der Waals surface area contributed by atoms with Gasteiger partial charge >= 0.3 is 0 Å². The fourth-order valence-electron chi connectivity index (χ4n) is 1.46.